The van der Waals surface area contributed by atoms with Crippen LogP contribution < -0.4 is 16.0 Å². The molecule has 0 saturated heterocycles. The number of rotatable bonds is 9. The highest BCUT2D eigenvalue weighted by Gasteiger charge is 2.21. The van der Waals surface area contributed by atoms with Gasteiger partial charge in [-0.2, -0.15) is 0 Å². The molecule has 1 aromatic rings. The van der Waals surface area contributed by atoms with E-state index in [1.165, 1.54) is 31.3 Å². The topological polar surface area (TPSA) is 106 Å². The van der Waals surface area contributed by atoms with Gasteiger partial charge in [-0.25, -0.2) is 13.1 Å². The number of aromatic nitrogens is 1. The SMILES string of the molecule is NNc1ccncc1S(=O)(=O)NCCCOCC1CC1. The third-order valence-electron chi connectivity index (χ3n) is 3.04. The maximum Gasteiger partial charge on any atom is 0.244 e. The van der Waals surface area contributed by atoms with Crippen molar-refractivity contribution in [2.45, 2.75) is 24.2 Å². The van der Waals surface area contributed by atoms with Gasteiger partial charge < -0.3 is 10.2 Å². The van der Waals surface area contributed by atoms with Crippen LogP contribution in [0.25, 0.3) is 0 Å². The minimum Gasteiger partial charge on any atom is -0.381 e. The van der Waals surface area contributed by atoms with E-state index in [1.807, 2.05) is 0 Å². The van der Waals surface area contributed by atoms with Gasteiger partial charge in [0.1, 0.15) is 4.90 Å². The van der Waals surface area contributed by atoms with E-state index in [0.29, 0.717) is 25.3 Å². The summed E-state index contributed by atoms with van der Waals surface area (Å²) < 4.78 is 32.1. The predicted octanol–water partition coefficient (Wildman–Crippen LogP) is 0.462. The Kier molecular flexibility index (Phi) is 5.30. The van der Waals surface area contributed by atoms with E-state index in [1.54, 1.807) is 0 Å². The first kappa shape index (κ1) is 15.2. The Morgan fingerprint density at radius 2 is 2.25 bits per heavy atom. The number of nitrogen functional groups attached to an aromatic ring is 1. The van der Waals surface area contributed by atoms with Gasteiger partial charge in [0.05, 0.1) is 5.69 Å². The van der Waals surface area contributed by atoms with Gasteiger partial charge in [0.15, 0.2) is 0 Å². The first-order valence-corrected chi connectivity index (χ1v) is 8.10. The molecule has 0 bridgehead atoms. The lowest BCUT2D eigenvalue weighted by atomic mass is 10.4. The number of hydrogen-bond donors (Lipinski definition) is 3. The van der Waals surface area contributed by atoms with Crippen LogP contribution in [0.4, 0.5) is 5.69 Å². The first-order chi connectivity index (χ1) is 9.63. The molecule has 1 aliphatic carbocycles. The largest absolute Gasteiger partial charge is 0.381 e. The normalized spacial score (nSPS) is 15.2. The van der Waals surface area contributed by atoms with Crippen molar-refractivity contribution in [1.29, 1.82) is 0 Å². The maximum absolute atomic E-state index is 12.1. The summed E-state index contributed by atoms with van der Waals surface area (Å²) in [4.78, 5) is 3.85. The van der Waals surface area contributed by atoms with Crippen molar-refractivity contribution >= 4 is 15.7 Å². The lowest BCUT2D eigenvalue weighted by Crippen LogP contribution is -2.27. The van der Waals surface area contributed by atoms with Crippen LogP contribution in [0.15, 0.2) is 23.4 Å². The second-order valence-electron chi connectivity index (χ2n) is 4.79. The molecule has 112 valence electrons. The third-order valence-corrected chi connectivity index (χ3v) is 4.53. The van der Waals surface area contributed by atoms with Gasteiger partial charge in [0, 0.05) is 32.2 Å². The molecule has 0 amide bonds. The number of ether oxygens (including phenoxy) is 1. The second kappa shape index (κ2) is 6.98. The summed E-state index contributed by atoms with van der Waals surface area (Å²) in [5.41, 5.74) is 2.67. The van der Waals surface area contributed by atoms with Gasteiger partial charge >= 0.3 is 0 Å². The molecule has 0 radical (unpaired) electrons. The van der Waals surface area contributed by atoms with Crippen molar-refractivity contribution in [1.82, 2.24) is 9.71 Å². The Morgan fingerprint density at radius 3 is 2.95 bits per heavy atom. The van der Waals surface area contributed by atoms with E-state index in [0.717, 1.165) is 12.5 Å². The highest BCUT2D eigenvalue weighted by atomic mass is 32.2. The Morgan fingerprint density at radius 1 is 1.45 bits per heavy atom. The number of anilines is 1. The second-order valence-corrected chi connectivity index (χ2v) is 6.52. The highest BCUT2D eigenvalue weighted by molar-refractivity contribution is 7.89. The summed E-state index contributed by atoms with van der Waals surface area (Å²) in [6.45, 7) is 1.68. The van der Waals surface area contributed by atoms with Crippen molar-refractivity contribution in [2.24, 2.45) is 11.8 Å². The molecule has 0 aliphatic heterocycles. The van der Waals surface area contributed by atoms with Gasteiger partial charge in [-0.1, -0.05) is 0 Å². The fourth-order valence-corrected chi connectivity index (χ4v) is 2.89. The summed E-state index contributed by atoms with van der Waals surface area (Å²) in [5, 5.41) is 0. The molecule has 1 saturated carbocycles. The van der Waals surface area contributed by atoms with Crippen LogP contribution in [0.3, 0.4) is 0 Å². The van der Waals surface area contributed by atoms with E-state index in [-0.39, 0.29) is 4.90 Å². The van der Waals surface area contributed by atoms with Crippen LogP contribution in [-0.2, 0) is 14.8 Å². The number of hydrogen-bond acceptors (Lipinski definition) is 6. The molecule has 1 heterocycles. The van der Waals surface area contributed by atoms with Crippen LogP contribution in [0.2, 0.25) is 0 Å². The Labute approximate surface area is 118 Å². The number of pyridine rings is 1. The van der Waals surface area contributed by atoms with Crippen molar-refractivity contribution in [3.63, 3.8) is 0 Å². The van der Waals surface area contributed by atoms with Crippen LogP contribution in [0.5, 0.6) is 0 Å². The quantitative estimate of drug-likeness (QED) is 0.347. The molecule has 1 aliphatic rings. The van der Waals surface area contributed by atoms with E-state index in [4.69, 9.17) is 10.6 Å². The predicted molar refractivity (Wildman–Crippen MR) is 75.4 cm³/mol. The van der Waals surface area contributed by atoms with Crippen molar-refractivity contribution in [3.05, 3.63) is 18.5 Å². The van der Waals surface area contributed by atoms with Gasteiger partial charge in [0.2, 0.25) is 10.0 Å². The van der Waals surface area contributed by atoms with Crippen LogP contribution in [0, 0.1) is 5.92 Å². The Balaban J connectivity index is 1.77. The minimum atomic E-state index is -3.60. The average Bonchev–Trinajstić information content (AvgIpc) is 3.26. The third kappa shape index (κ3) is 4.41. The standard InChI is InChI=1S/C12H20N4O3S/c13-16-11-4-6-14-8-12(11)20(17,18)15-5-1-7-19-9-10-2-3-10/h4,6,8,10,15H,1-3,5,7,9,13H2,(H,14,16). The molecule has 2 rings (SSSR count). The van der Waals surface area contributed by atoms with Crippen molar-refractivity contribution in [2.75, 3.05) is 25.2 Å². The number of sulfonamides is 1. The molecule has 0 aromatic carbocycles. The molecule has 0 spiro atoms. The Hall–Kier alpha value is -1.22. The maximum atomic E-state index is 12.1. The number of nitrogens with zero attached hydrogens (tertiary/aromatic N) is 1. The average molecular weight is 300 g/mol. The summed E-state index contributed by atoms with van der Waals surface area (Å²) in [7, 11) is -3.60. The Bertz CT molecular complexity index is 531. The zero-order chi connectivity index (χ0) is 14.4. The van der Waals surface area contributed by atoms with Gasteiger partial charge in [0.25, 0.3) is 0 Å². The zero-order valence-electron chi connectivity index (χ0n) is 11.2. The molecular weight excluding hydrogens is 280 g/mol. The number of hydrazine groups is 1. The highest BCUT2D eigenvalue weighted by Crippen LogP contribution is 2.28. The lowest BCUT2D eigenvalue weighted by molar-refractivity contribution is 0.123. The van der Waals surface area contributed by atoms with Crippen LogP contribution in [-0.4, -0.2) is 33.2 Å². The van der Waals surface area contributed by atoms with E-state index in [9.17, 15) is 8.42 Å². The molecular formula is C12H20N4O3S. The van der Waals surface area contributed by atoms with E-state index >= 15 is 0 Å². The monoisotopic (exact) mass is 300 g/mol. The molecule has 0 unspecified atom stereocenters. The lowest BCUT2D eigenvalue weighted by Gasteiger charge is -2.10. The van der Waals surface area contributed by atoms with Crippen molar-refractivity contribution in [3.8, 4) is 0 Å². The fourth-order valence-electron chi connectivity index (χ4n) is 1.71. The number of nitrogens with two attached hydrogens (primary N) is 1. The molecule has 20 heavy (non-hydrogen) atoms. The summed E-state index contributed by atoms with van der Waals surface area (Å²) in [6.07, 6.45) is 5.88. The molecule has 0 atom stereocenters. The van der Waals surface area contributed by atoms with Crippen molar-refractivity contribution < 1.29 is 13.2 Å². The molecule has 8 heteroatoms. The molecule has 1 fully saturated rings. The number of nitrogens with one attached hydrogen (secondary N) is 2. The van der Waals surface area contributed by atoms with Gasteiger partial charge in [-0.15, -0.1) is 0 Å². The minimum absolute atomic E-state index is 0.0430. The fraction of sp³-hybridized carbons (Fsp3) is 0.583. The van der Waals surface area contributed by atoms with Gasteiger partial charge in [-0.05, 0) is 31.2 Å². The van der Waals surface area contributed by atoms with E-state index in [2.05, 4.69) is 15.1 Å². The van der Waals surface area contributed by atoms with Crippen LogP contribution >= 0.6 is 0 Å². The molecule has 4 N–H and O–H groups in total. The molecule has 1 aromatic heterocycles. The zero-order valence-corrected chi connectivity index (χ0v) is 12.0. The van der Waals surface area contributed by atoms with Crippen LogP contribution in [0.1, 0.15) is 19.3 Å². The molecule has 7 nitrogen and oxygen atoms in total. The first-order valence-electron chi connectivity index (χ1n) is 6.61. The summed E-state index contributed by atoms with van der Waals surface area (Å²) in [6, 6.07) is 1.51. The summed E-state index contributed by atoms with van der Waals surface area (Å²) >= 11 is 0. The smallest absolute Gasteiger partial charge is 0.244 e. The van der Waals surface area contributed by atoms with E-state index < -0.39 is 10.0 Å². The summed E-state index contributed by atoms with van der Waals surface area (Å²) in [5.74, 6) is 6.01. The van der Waals surface area contributed by atoms with Gasteiger partial charge in [-0.3, -0.25) is 10.8 Å².